The van der Waals surface area contributed by atoms with Gasteiger partial charge in [0.2, 0.25) is 0 Å². The van der Waals surface area contributed by atoms with Gasteiger partial charge in [0.05, 0.1) is 27.6 Å². The van der Waals surface area contributed by atoms with Crippen LogP contribution in [0.5, 0.6) is 0 Å². The van der Waals surface area contributed by atoms with Crippen molar-refractivity contribution in [3.8, 4) is 39.1 Å². The largest absolute Gasteiger partial charge is 0.309 e. The first-order valence-corrected chi connectivity index (χ1v) is 18.6. The van der Waals surface area contributed by atoms with E-state index in [2.05, 4.69) is 193 Å². The molecule has 3 heterocycles. The van der Waals surface area contributed by atoms with Gasteiger partial charge in [-0.25, -0.2) is 0 Å². The minimum Gasteiger partial charge on any atom is -0.309 e. The molecule has 0 fully saturated rings. The standard InChI is InChI=1S/C51H34N2/c1-51(2)44-18-6-3-13-36(44)42-30-35(23-25-45(42)51)52-46-19-7-5-15-38(46)43-28-33(22-26-48(43)52)31-11-9-12-32(27-31)34-21-24-39-41-17-10-16-40-37-14-4-8-20-47(37)53(50(40)41)49(39)29-34/h3-30H,1-2H3. The normalized spacial score (nSPS) is 13.6. The fourth-order valence-electron chi connectivity index (χ4n) is 9.77. The van der Waals surface area contributed by atoms with Crippen molar-refractivity contribution in [2.24, 2.45) is 0 Å². The number of nitrogens with zero attached hydrogens (tertiary/aromatic N) is 2. The van der Waals surface area contributed by atoms with Gasteiger partial charge in [0, 0.05) is 43.4 Å². The second-order valence-corrected chi connectivity index (χ2v) is 15.4. The lowest BCUT2D eigenvalue weighted by atomic mass is 9.82. The van der Waals surface area contributed by atoms with E-state index in [1.54, 1.807) is 0 Å². The van der Waals surface area contributed by atoms with Crippen molar-refractivity contribution in [2.75, 3.05) is 0 Å². The summed E-state index contributed by atoms with van der Waals surface area (Å²) in [5.74, 6) is 0. The maximum Gasteiger partial charge on any atom is 0.0620 e. The summed E-state index contributed by atoms with van der Waals surface area (Å²) in [4.78, 5) is 0. The Morgan fingerprint density at radius 3 is 1.77 bits per heavy atom. The van der Waals surface area contributed by atoms with Gasteiger partial charge < -0.3 is 8.97 Å². The lowest BCUT2D eigenvalue weighted by Gasteiger charge is -2.21. The highest BCUT2D eigenvalue weighted by Crippen LogP contribution is 2.49. The molecule has 0 amide bonds. The van der Waals surface area contributed by atoms with Crippen molar-refractivity contribution in [2.45, 2.75) is 19.3 Å². The summed E-state index contributed by atoms with van der Waals surface area (Å²) in [6, 6.07) is 63.4. The van der Waals surface area contributed by atoms with Crippen LogP contribution in [0.2, 0.25) is 0 Å². The number of benzene rings is 8. The second kappa shape index (κ2) is 10.2. The molecule has 11 aromatic rings. The number of fused-ring (bicyclic) bond motifs is 12. The third-order valence-electron chi connectivity index (χ3n) is 12.3. The summed E-state index contributed by atoms with van der Waals surface area (Å²) in [5.41, 5.74) is 17.8. The smallest absolute Gasteiger partial charge is 0.0620 e. The lowest BCUT2D eigenvalue weighted by molar-refractivity contribution is 0.660. The van der Waals surface area contributed by atoms with Crippen LogP contribution in [0.4, 0.5) is 0 Å². The van der Waals surface area contributed by atoms with Gasteiger partial charge in [0.25, 0.3) is 0 Å². The molecule has 248 valence electrons. The van der Waals surface area contributed by atoms with Crippen LogP contribution in [0, 0.1) is 0 Å². The van der Waals surface area contributed by atoms with Crippen molar-refractivity contribution in [3.05, 3.63) is 181 Å². The third-order valence-corrected chi connectivity index (χ3v) is 12.3. The van der Waals surface area contributed by atoms with Crippen LogP contribution in [0.15, 0.2) is 170 Å². The summed E-state index contributed by atoms with van der Waals surface area (Å²) in [6.45, 7) is 4.69. The first-order valence-electron chi connectivity index (χ1n) is 18.6. The Balaban J connectivity index is 0.996. The molecule has 0 saturated heterocycles. The molecule has 8 aromatic carbocycles. The molecule has 1 aliphatic carbocycles. The molecule has 0 saturated carbocycles. The molecule has 53 heavy (non-hydrogen) atoms. The highest BCUT2D eigenvalue weighted by molar-refractivity contribution is 6.23. The van der Waals surface area contributed by atoms with E-state index in [0.29, 0.717) is 0 Å². The average Bonchev–Trinajstić information content (AvgIpc) is 3.91. The molecule has 2 heteroatoms. The van der Waals surface area contributed by atoms with E-state index >= 15 is 0 Å². The van der Waals surface area contributed by atoms with Crippen molar-refractivity contribution < 1.29 is 0 Å². The number of hydrogen-bond donors (Lipinski definition) is 0. The predicted octanol–water partition coefficient (Wildman–Crippen LogP) is 13.6. The third kappa shape index (κ3) is 3.82. The van der Waals surface area contributed by atoms with Crippen molar-refractivity contribution in [1.29, 1.82) is 0 Å². The van der Waals surface area contributed by atoms with Crippen molar-refractivity contribution in [1.82, 2.24) is 8.97 Å². The minimum atomic E-state index is -0.0113. The summed E-state index contributed by atoms with van der Waals surface area (Å²) in [7, 11) is 0. The van der Waals surface area contributed by atoms with E-state index in [-0.39, 0.29) is 5.41 Å². The SMILES string of the molecule is CC1(C)c2ccccc2-c2cc(-n3c4ccccc4c4cc(-c5cccc(-c6ccc7c8cccc9c%10ccccc%10n(c7c6)c98)c5)ccc43)ccc21. The molecular weight excluding hydrogens is 641 g/mol. The van der Waals surface area contributed by atoms with Crippen LogP contribution in [0.1, 0.15) is 25.0 Å². The molecule has 0 N–H and O–H groups in total. The summed E-state index contributed by atoms with van der Waals surface area (Å²) in [5, 5.41) is 7.78. The Hall–Kier alpha value is -6.64. The van der Waals surface area contributed by atoms with Crippen LogP contribution in [0.3, 0.4) is 0 Å². The molecule has 3 aromatic heterocycles. The fourth-order valence-corrected chi connectivity index (χ4v) is 9.77. The van der Waals surface area contributed by atoms with E-state index in [9.17, 15) is 0 Å². The van der Waals surface area contributed by atoms with Gasteiger partial charge in [-0.3, -0.25) is 0 Å². The van der Waals surface area contributed by atoms with Gasteiger partial charge in [-0.05, 0) is 93.0 Å². The molecular formula is C51H34N2. The molecule has 2 nitrogen and oxygen atoms in total. The highest BCUT2D eigenvalue weighted by Gasteiger charge is 2.35. The van der Waals surface area contributed by atoms with Crippen molar-refractivity contribution >= 4 is 59.9 Å². The van der Waals surface area contributed by atoms with Gasteiger partial charge in [-0.15, -0.1) is 0 Å². The Labute approximate surface area is 307 Å². The Morgan fingerprint density at radius 2 is 0.943 bits per heavy atom. The monoisotopic (exact) mass is 674 g/mol. The topological polar surface area (TPSA) is 9.34 Å². The fraction of sp³-hybridized carbons (Fsp3) is 0.0588. The molecule has 12 rings (SSSR count). The van der Waals surface area contributed by atoms with Gasteiger partial charge in [0.1, 0.15) is 0 Å². The first-order chi connectivity index (χ1) is 26.0. The number of aromatic nitrogens is 2. The van der Waals surface area contributed by atoms with Crippen LogP contribution in [-0.4, -0.2) is 8.97 Å². The Kier molecular flexibility index (Phi) is 5.60. The lowest BCUT2D eigenvalue weighted by Crippen LogP contribution is -2.14. The zero-order chi connectivity index (χ0) is 35.0. The first kappa shape index (κ1) is 29.0. The number of rotatable bonds is 3. The highest BCUT2D eigenvalue weighted by atomic mass is 15.0. The van der Waals surface area contributed by atoms with Crippen LogP contribution in [-0.2, 0) is 5.41 Å². The van der Waals surface area contributed by atoms with Crippen LogP contribution in [0.25, 0.3) is 99.0 Å². The van der Waals surface area contributed by atoms with Gasteiger partial charge >= 0.3 is 0 Å². The quantitative estimate of drug-likeness (QED) is 0.176. The summed E-state index contributed by atoms with van der Waals surface area (Å²) in [6.07, 6.45) is 0. The molecule has 0 radical (unpaired) electrons. The second-order valence-electron chi connectivity index (χ2n) is 15.4. The summed E-state index contributed by atoms with van der Waals surface area (Å²) >= 11 is 0. The predicted molar refractivity (Wildman–Crippen MR) is 224 cm³/mol. The molecule has 0 bridgehead atoms. The minimum absolute atomic E-state index is 0.0113. The number of hydrogen-bond acceptors (Lipinski definition) is 0. The maximum atomic E-state index is 2.47. The molecule has 0 atom stereocenters. The molecule has 0 aliphatic heterocycles. The van der Waals surface area contributed by atoms with Crippen LogP contribution < -0.4 is 0 Å². The Bertz CT molecular complexity index is 3310. The molecule has 1 aliphatic rings. The average molecular weight is 675 g/mol. The van der Waals surface area contributed by atoms with Crippen LogP contribution >= 0.6 is 0 Å². The van der Waals surface area contributed by atoms with E-state index in [1.807, 2.05) is 0 Å². The summed E-state index contributed by atoms with van der Waals surface area (Å²) < 4.78 is 4.91. The van der Waals surface area contributed by atoms with Gasteiger partial charge in [0.15, 0.2) is 0 Å². The van der Waals surface area contributed by atoms with E-state index in [4.69, 9.17) is 0 Å². The maximum absolute atomic E-state index is 2.47. The van der Waals surface area contributed by atoms with E-state index < -0.39 is 0 Å². The zero-order valence-electron chi connectivity index (χ0n) is 29.6. The molecule has 0 spiro atoms. The van der Waals surface area contributed by atoms with Gasteiger partial charge in [-0.2, -0.15) is 0 Å². The van der Waals surface area contributed by atoms with E-state index in [0.717, 1.165) is 0 Å². The van der Waals surface area contributed by atoms with Gasteiger partial charge in [-0.1, -0.05) is 135 Å². The van der Waals surface area contributed by atoms with E-state index in [1.165, 1.54) is 110 Å². The zero-order valence-corrected chi connectivity index (χ0v) is 29.6. The molecule has 0 unspecified atom stereocenters. The Morgan fingerprint density at radius 1 is 0.358 bits per heavy atom. The van der Waals surface area contributed by atoms with Crippen molar-refractivity contribution in [3.63, 3.8) is 0 Å². The number of para-hydroxylation sites is 3.